The number of hydrogen-bond donors (Lipinski definition) is 4. The first-order valence-electron chi connectivity index (χ1n) is 15.6. The molecule has 0 aliphatic carbocycles. The van der Waals surface area contributed by atoms with Crippen LogP contribution in [0.3, 0.4) is 0 Å². The Morgan fingerprint density at radius 3 is 2.17 bits per heavy atom. The van der Waals surface area contributed by atoms with Crippen LogP contribution < -0.4 is 31.1 Å². The van der Waals surface area contributed by atoms with E-state index in [4.69, 9.17) is 49.8 Å². The van der Waals surface area contributed by atoms with Crippen LogP contribution in [0.1, 0.15) is 31.4 Å². The number of carboxylic acid groups (broad SMARTS) is 1. The monoisotopic (exact) mass is 738 g/mol. The van der Waals surface area contributed by atoms with Gasteiger partial charge in [-0.3, -0.25) is 29.8 Å². The number of rotatable bonds is 25. The Hall–Kier alpha value is -5.77. The summed E-state index contributed by atoms with van der Waals surface area (Å²) < 4.78 is 37.1. The van der Waals surface area contributed by atoms with E-state index >= 15 is 0 Å². The van der Waals surface area contributed by atoms with Crippen LogP contribution >= 0.6 is 0 Å². The third-order valence-corrected chi connectivity index (χ3v) is 6.59. The van der Waals surface area contributed by atoms with Crippen molar-refractivity contribution in [3.05, 3.63) is 74.1 Å². The minimum Gasteiger partial charge on any atom is -0.493 e. The number of amides is 1. The maximum Gasteiger partial charge on any atom is 0.514 e. The van der Waals surface area contributed by atoms with E-state index in [9.17, 15) is 34.6 Å². The summed E-state index contributed by atoms with van der Waals surface area (Å²) in [6, 6.07) is 6.90. The maximum absolute atomic E-state index is 12.3. The molecular weight excluding hydrogens is 696 g/mol. The third kappa shape index (κ3) is 16.3. The molecule has 6 N–H and O–H groups in total. The second-order valence-electron chi connectivity index (χ2n) is 10.5. The van der Waals surface area contributed by atoms with Gasteiger partial charge in [0.2, 0.25) is 0 Å². The molecule has 21 nitrogen and oxygen atoms in total. The Balaban J connectivity index is 1.68. The summed E-state index contributed by atoms with van der Waals surface area (Å²) in [6.45, 7) is 3.00. The van der Waals surface area contributed by atoms with Gasteiger partial charge in [0.1, 0.15) is 11.9 Å². The number of aliphatic carboxylic acids is 1. The molecule has 2 aromatic carbocycles. The number of ether oxygens (including phenoxy) is 7. The van der Waals surface area contributed by atoms with Crippen LogP contribution in [-0.2, 0) is 28.5 Å². The van der Waals surface area contributed by atoms with E-state index in [0.717, 1.165) is 18.2 Å². The second-order valence-corrected chi connectivity index (χ2v) is 10.5. The van der Waals surface area contributed by atoms with Gasteiger partial charge in [-0.15, -0.1) is 0 Å². The third-order valence-electron chi connectivity index (χ3n) is 6.59. The zero-order valence-corrected chi connectivity index (χ0v) is 28.6. The summed E-state index contributed by atoms with van der Waals surface area (Å²) >= 11 is 0. The van der Waals surface area contributed by atoms with Crippen LogP contribution in [0.5, 0.6) is 17.2 Å². The molecule has 2 aromatic rings. The first kappa shape index (κ1) is 42.4. The van der Waals surface area contributed by atoms with Crippen LogP contribution in [0.2, 0.25) is 0 Å². The molecule has 0 bridgehead atoms. The number of allylic oxidation sites excluding steroid dienone is 1. The molecule has 21 heteroatoms. The van der Waals surface area contributed by atoms with E-state index in [2.05, 4.69) is 5.32 Å². The van der Waals surface area contributed by atoms with Crippen LogP contribution in [-0.4, -0.2) is 104 Å². The lowest BCUT2D eigenvalue weighted by Crippen LogP contribution is -2.32. The van der Waals surface area contributed by atoms with Crippen molar-refractivity contribution in [2.75, 3.05) is 66.4 Å². The molecule has 1 amide bonds. The molecule has 0 aromatic heterocycles. The zero-order valence-electron chi connectivity index (χ0n) is 28.6. The molecule has 0 fully saturated rings. The van der Waals surface area contributed by atoms with Crippen molar-refractivity contribution in [3.8, 4) is 17.2 Å². The highest BCUT2D eigenvalue weighted by atomic mass is 16.7. The smallest absolute Gasteiger partial charge is 0.493 e. The van der Waals surface area contributed by atoms with Gasteiger partial charge >= 0.3 is 12.1 Å². The van der Waals surface area contributed by atoms with Crippen molar-refractivity contribution in [1.82, 2.24) is 10.3 Å². The van der Waals surface area contributed by atoms with Crippen molar-refractivity contribution >= 4 is 29.4 Å². The van der Waals surface area contributed by atoms with Gasteiger partial charge in [-0.25, -0.2) is 10.6 Å². The van der Waals surface area contributed by atoms with Crippen LogP contribution in [0.4, 0.5) is 16.2 Å². The summed E-state index contributed by atoms with van der Waals surface area (Å²) in [4.78, 5) is 56.4. The SMILES string of the molecule is COc1cc(C(C)OC(=O)Oc2ccc([N+](=O)[O-])cc2)c([N+](=O)[O-])cc1OCC(=O)NCCOCCOCCOCCN(N)/C=C(\N)CCC(=O)O. The minimum atomic E-state index is -1.21. The second kappa shape index (κ2) is 22.8. The number of benzene rings is 2. The molecule has 0 spiro atoms. The first-order chi connectivity index (χ1) is 24.8. The van der Waals surface area contributed by atoms with E-state index in [-0.39, 0.29) is 67.7 Å². The van der Waals surface area contributed by atoms with Crippen molar-refractivity contribution < 1.29 is 62.5 Å². The fraction of sp³-hybridized carbons (Fsp3) is 0.452. The van der Waals surface area contributed by atoms with Gasteiger partial charge in [-0.05, 0) is 31.5 Å². The predicted molar refractivity (Wildman–Crippen MR) is 179 cm³/mol. The number of methoxy groups -OCH3 is 1. The van der Waals surface area contributed by atoms with Gasteiger partial charge in [-0.2, -0.15) is 0 Å². The maximum atomic E-state index is 12.3. The normalized spacial score (nSPS) is 11.6. The number of nitrogens with two attached hydrogens (primary N) is 2. The largest absolute Gasteiger partial charge is 0.514 e. The topological polar surface area (TPSA) is 290 Å². The summed E-state index contributed by atoms with van der Waals surface area (Å²) in [7, 11) is 1.28. The number of nitrogens with zero attached hydrogens (tertiary/aromatic N) is 3. The number of non-ortho nitro benzene ring substituents is 1. The number of carbonyl (C=O) groups is 3. The highest BCUT2D eigenvalue weighted by Crippen LogP contribution is 2.38. The van der Waals surface area contributed by atoms with E-state index in [1.807, 2.05) is 0 Å². The predicted octanol–water partition coefficient (Wildman–Crippen LogP) is 2.17. The molecule has 286 valence electrons. The highest BCUT2D eigenvalue weighted by Gasteiger charge is 2.27. The Kier molecular flexibility index (Phi) is 18.6. The molecule has 0 saturated heterocycles. The molecule has 1 atom stereocenters. The number of carboxylic acids is 1. The fourth-order valence-electron chi connectivity index (χ4n) is 4.05. The Morgan fingerprint density at radius 2 is 1.58 bits per heavy atom. The molecule has 52 heavy (non-hydrogen) atoms. The number of nitro groups is 2. The molecule has 0 heterocycles. The molecule has 0 saturated carbocycles. The molecule has 0 aliphatic rings. The van der Waals surface area contributed by atoms with Crippen LogP contribution in [0.25, 0.3) is 0 Å². The van der Waals surface area contributed by atoms with Crippen molar-refractivity contribution in [2.24, 2.45) is 11.6 Å². The first-order valence-corrected chi connectivity index (χ1v) is 15.6. The van der Waals surface area contributed by atoms with Gasteiger partial charge in [0.05, 0.1) is 81.2 Å². The standard InChI is InChI=1S/C31H42N6O15/c1-21(51-31(41)52-24-6-4-23(5-7-24)36(42)43)25-17-27(46-2)28(18-26(25)37(44)45)50-20-29(38)34-9-11-47-13-15-49-16-14-48-12-10-35(33)19-22(32)3-8-30(39)40/h4-7,17-19,21H,3,8-16,20,32-33H2,1-2H3,(H,34,38)(H,39,40)/b22-19-. The van der Waals surface area contributed by atoms with E-state index in [0.29, 0.717) is 32.1 Å². The quantitative estimate of drug-likeness (QED) is 0.0283. The fourth-order valence-corrected chi connectivity index (χ4v) is 4.05. The molecule has 1 unspecified atom stereocenters. The number of carbonyl (C=O) groups excluding carboxylic acids is 2. The lowest BCUT2D eigenvalue weighted by Gasteiger charge is -2.17. The van der Waals surface area contributed by atoms with Gasteiger partial charge in [0.25, 0.3) is 17.3 Å². The number of nitrogens with one attached hydrogen (secondary N) is 1. The number of hydrazine groups is 1. The zero-order chi connectivity index (χ0) is 38.5. The van der Waals surface area contributed by atoms with E-state index in [1.54, 1.807) is 0 Å². The van der Waals surface area contributed by atoms with Gasteiger partial charge in [0, 0.05) is 30.6 Å². The van der Waals surface area contributed by atoms with Crippen molar-refractivity contribution in [1.29, 1.82) is 0 Å². The minimum absolute atomic E-state index is 0.0231. The number of hydrogen-bond acceptors (Lipinski definition) is 17. The van der Waals surface area contributed by atoms with Crippen molar-refractivity contribution in [3.63, 3.8) is 0 Å². The number of nitro benzene ring substituents is 2. The lowest BCUT2D eigenvalue weighted by atomic mass is 10.1. The molecule has 0 aliphatic heterocycles. The van der Waals surface area contributed by atoms with Crippen LogP contribution in [0, 0.1) is 20.2 Å². The van der Waals surface area contributed by atoms with Gasteiger partial charge < -0.3 is 54.3 Å². The summed E-state index contributed by atoms with van der Waals surface area (Å²) in [5.41, 5.74) is 5.29. The van der Waals surface area contributed by atoms with E-state index < -0.39 is 46.3 Å². The lowest BCUT2D eigenvalue weighted by molar-refractivity contribution is -0.386. The Morgan fingerprint density at radius 1 is 0.942 bits per heavy atom. The Labute approximate surface area is 297 Å². The van der Waals surface area contributed by atoms with E-state index in [1.165, 1.54) is 43.4 Å². The van der Waals surface area contributed by atoms with Gasteiger partial charge in [0.15, 0.2) is 18.1 Å². The molecular formula is C31H42N6O15. The van der Waals surface area contributed by atoms with Crippen molar-refractivity contribution in [2.45, 2.75) is 25.9 Å². The van der Waals surface area contributed by atoms with Crippen LogP contribution in [0.15, 0.2) is 48.3 Å². The van der Waals surface area contributed by atoms with Gasteiger partial charge in [-0.1, -0.05) is 0 Å². The molecule has 0 radical (unpaired) electrons. The average molecular weight is 739 g/mol. The summed E-state index contributed by atoms with van der Waals surface area (Å²) in [5.74, 6) is 4.14. The Bertz CT molecular complexity index is 1520. The highest BCUT2D eigenvalue weighted by molar-refractivity contribution is 5.77. The summed E-state index contributed by atoms with van der Waals surface area (Å²) in [5, 5.41) is 35.2. The summed E-state index contributed by atoms with van der Waals surface area (Å²) in [6.07, 6.45) is -0.842. The molecule has 2 rings (SSSR count). The average Bonchev–Trinajstić information content (AvgIpc) is 3.09.